The highest BCUT2D eigenvalue weighted by Gasteiger charge is 2.20. The molecule has 10 nitrogen and oxygen atoms in total. The second-order valence-corrected chi connectivity index (χ2v) is 8.40. The molecule has 0 spiro atoms. The lowest BCUT2D eigenvalue weighted by Gasteiger charge is -2.14. The number of nitriles is 1. The molecule has 0 aliphatic carbocycles. The maximum absolute atomic E-state index is 14.1. The van der Waals surface area contributed by atoms with E-state index < -0.39 is 16.6 Å². The van der Waals surface area contributed by atoms with Gasteiger partial charge in [0.05, 0.1) is 15.9 Å². The third kappa shape index (κ3) is 4.90. The predicted octanol–water partition coefficient (Wildman–Crippen LogP) is 4.51. The summed E-state index contributed by atoms with van der Waals surface area (Å²) in [4.78, 5) is 14.4. The Hall–Kier alpha value is -3.82. The molecule has 3 aromatic heterocycles. The van der Waals surface area contributed by atoms with Gasteiger partial charge in [0.25, 0.3) is 0 Å². The fourth-order valence-electron chi connectivity index (χ4n) is 3.32. The van der Waals surface area contributed by atoms with Gasteiger partial charge in [-0.05, 0) is 56.2 Å². The first-order valence-electron chi connectivity index (χ1n) is 9.64. The van der Waals surface area contributed by atoms with Gasteiger partial charge in [-0.15, -0.1) is 0 Å². The summed E-state index contributed by atoms with van der Waals surface area (Å²) in [5, 5.41) is 29.0. The predicted molar refractivity (Wildman–Crippen MR) is 122 cm³/mol. The van der Waals surface area contributed by atoms with E-state index in [-0.39, 0.29) is 23.2 Å². The van der Waals surface area contributed by atoms with E-state index in [9.17, 15) is 14.5 Å². The van der Waals surface area contributed by atoms with Crippen molar-refractivity contribution in [1.29, 1.82) is 5.26 Å². The third-order valence-electron chi connectivity index (χ3n) is 4.83. The average Bonchev–Trinajstić information content (AvgIpc) is 3.33. The second-order valence-electron chi connectivity index (χ2n) is 7.10. The number of benzene rings is 1. The Balaban J connectivity index is 1.70. The zero-order chi connectivity index (χ0) is 24.4. The van der Waals surface area contributed by atoms with Crippen molar-refractivity contribution >= 4 is 33.3 Å². The maximum atomic E-state index is 14.1. The van der Waals surface area contributed by atoms with Crippen molar-refractivity contribution in [1.82, 2.24) is 24.5 Å². The number of aromatic nitrogens is 5. The van der Waals surface area contributed by atoms with Crippen LogP contribution in [0.25, 0.3) is 5.69 Å². The summed E-state index contributed by atoms with van der Waals surface area (Å²) in [5.41, 5.74) is 2.51. The molecule has 172 valence electrons. The lowest BCUT2D eigenvalue weighted by atomic mass is 10.1. The minimum atomic E-state index is -0.664. The van der Waals surface area contributed by atoms with E-state index in [1.807, 2.05) is 6.07 Å². The highest BCUT2D eigenvalue weighted by molar-refractivity contribution is 9.10. The number of halogens is 3. The topological polar surface area (TPSA) is 125 Å². The van der Waals surface area contributed by atoms with E-state index in [1.165, 1.54) is 35.1 Å². The molecule has 0 N–H and O–H groups in total. The Kier molecular flexibility index (Phi) is 6.58. The van der Waals surface area contributed by atoms with Crippen molar-refractivity contribution in [2.24, 2.45) is 7.05 Å². The first kappa shape index (κ1) is 23.3. The van der Waals surface area contributed by atoms with Crippen LogP contribution in [0.5, 0.6) is 5.75 Å². The van der Waals surface area contributed by atoms with Crippen LogP contribution in [-0.2, 0) is 20.1 Å². The molecule has 0 fully saturated rings. The Morgan fingerprint density at radius 3 is 2.76 bits per heavy atom. The van der Waals surface area contributed by atoms with Gasteiger partial charge in [-0.3, -0.25) is 4.68 Å². The molecule has 0 saturated heterocycles. The quantitative estimate of drug-likeness (QED) is 0.247. The molecule has 0 saturated carbocycles. The molecule has 0 atom stereocenters. The molecule has 1 aromatic carbocycles. The number of pyridine rings is 1. The minimum absolute atomic E-state index is 0.0766. The lowest BCUT2D eigenvalue weighted by molar-refractivity contribution is -0.390. The Morgan fingerprint density at radius 1 is 1.26 bits per heavy atom. The maximum Gasteiger partial charge on any atom is 0.406 e. The van der Waals surface area contributed by atoms with E-state index in [4.69, 9.17) is 21.6 Å². The molecular weight excluding hydrogens is 533 g/mol. The number of hydrogen-bond acceptors (Lipinski definition) is 7. The molecule has 4 aromatic rings. The minimum Gasteiger partial charge on any atom is -0.481 e. The van der Waals surface area contributed by atoms with Crippen LogP contribution in [0.2, 0.25) is 5.15 Å². The molecule has 0 unspecified atom stereocenters. The first-order chi connectivity index (χ1) is 16.2. The Bertz CT molecular complexity index is 1450. The van der Waals surface area contributed by atoms with Crippen LogP contribution < -0.4 is 4.74 Å². The lowest BCUT2D eigenvalue weighted by Crippen LogP contribution is -2.10. The molecule has 3 heterocycles. The standard InChI is InChI=1S/C21H14BrClFN7O3/c1-29-16(6-15(9-25)27-29)7-17-8-20(23)28-30(17)18-3-2-14(24)4-12(18)11-34-19-5-13(22)10-26-21(19)31(32)33/h2-6,8,10H,7,11H2,1H3. The van der Waals surface area contributed by atoms with Gasteiger partial charge in [-0.25, -0.2) is 9.07 Å². The highest BCUT2D eigenvalue weighted by atomic mass is 79.9. The number of nitrogens with zero attached hydrogens (tertiary/aromatic N) is 7. The van der Waals surface area contributed by atoms with Gasteiger partial charge in [0.2, 0.25) is 5.75 Å². The summed E-state index contributed by atoms with van der Waals surface area (Å²) >= 11 is 9.39. The molecule has 34 heavy (non-hydrogen) atoms. The molecule has 0 aliphatic heterocycles. The molecule has 0 radical (unpaired) electrons. The summed E-state index contributed by atoms with van der Waals surface area (Å²) in [6.45, 7) is -0.201. The largest absolute Gasteiger partial charge is 0.481 e. The van der Waals surface area contributed by atoms with Crippen molar-refractivity contribution in [2.45, 2.75) is 13.0 Å². The SMILES string of the molecule is Cn1nc(C#N)cc1Cc1cc(Cl)nn1-c1ccc(F)cc1COc1cc(Br)cnc1[N+](=O)[O-]. The van der Waals surface area contributed by atoms with E-state index in [1.54, 1.807) is 23.9 Å². The summed E-state index contributed by atoms with van der Waals surface area (Å²) in [7, 11) is 1.72. The van der Waals surface area contributed by atoms with Crippen LogP contribution in [0.15, 0.2) is 47.1 Å². The molecule has 13 heteroatoms. The number of hydrogen-bond donors (Lipinski definition) is 0. The van der Waals surface area contributed by atoms with Crippen molar-refractivity contribution in [2.75, 3.05) is 0 Å². The zero-order valence-corrected chi connectivity index (χ0v) is 19.8. The normalized spacial score (nSPS) is 10.8. The number of aryl methyl sites for hydroxylation is 1. The molecule has 0 aliphatic rings. The van der Waals surface area contributed by atoms with E-state index >= 15 is 0 Å². The zero-order valence-electron chi connectivity index (χ0n) is 17.4. The van der Waals surface area contributed by atoms with Crippen LogP contribution in [0.1, 0.15) is 22.6 Å². The van der Waals surface area contributed by atoms with Gasteiger partial charge in [0.15, 0.2) is 17.0 Å². The molecule has 4 rings (SSSR count). The van der Waals surface area contributed by atoms with Crippen LogP contribution >= 0.6 is 27.5 Å². The third-order valence-corrected chi connectivity index (χ3v) is 5.45. The van der Waals surface area contributed by atoms with Gasteiger partial charge in [0, 0.05) is 30.8 Å². The van der Waals surface area contributed by atoms with E-state index in [0.717, 1.165) is 5.69 Å². The number of nitro groups is 1. The van der Waals surface area contributed by atoms with E-state index in [0.29, 0.717) is 27.8 Å². The van der Waals surface area contributed by atoms with Crippen molar-refractivity contribution in [3.05, 3.63) is 90.8 Å². The van der Waals surface area contributed by atoms with Crippen LogP contribution in [-0.4, -0.2) is 29.5 Å². The first-order valence-corrected chi connectivity index (χ1v) is 10.8. The van der Waals surface area contributed by atoms with Crippen molar-refractivity contribution < 1.29 is 14.1 Å². The molecule has 0 amide bonds. The second kappa shape index (κ2) is 9.58. The summed E-state index contributed by atoms with van der Waals surface area (Å²) < 4.78 is 23.4. The fourth-order valence-corrected chi connectivity index (χ4v) is 3.83. The van der Waals surface area contributed by atoms with Gasteiger partial charge < -0.3 is 14.9 Å². The van der Waals surface area contributed by atoms with Gasteiger partial charge in [-0.1, -0.05) is 11.6 Å². The highest BCUT2D eigenvalue weighted by Crippen LogP contribution is 2.29. The summed E-state index contributed by atoms with van der Waals surface area (Å²) in [6, 6.07) is 10.7. The fraction of sp³-hybridized carbons (Fsp3) is 0.143. The van der Waals surface area contributed by atoms with E-state index in [2.05, 4.69) is 31.1 Å². The van der Waals surface area contributed by atoms with Crippen LogP contribution in [0.4, 0.5) is 10.2 Å². The Labute approximate surface area is 205 Å². The summed E-state index contributed by atoms with van der Waals surface area (Å²) in [5.74, 6) is -1.06. The van der Waals surface area contributed by atoms with Crippen LogP contribution in [0, 0.1) is 27.3 Å². The number of rotatable bonds is 7. The van der Waals surface area contributed by atoms with Crippen molar-refractivity contribution in [3.8, 4) is 17.5 Å². The molecule has 0 bridgehead atoms. The van der Waals surface area contributed by atoms with Crippen LogP contribution in [0.3, 0.4) is 0 Å². The summed E-state index contributed by atoms with van der Waals surface area (Å²) in [6.07, 6.45) is 1.62. The van der Waals surface area contributed by atoms with Gasteiger partial charge in [0.1, 0.15) is 18.5 Å². The molecular formula is C21H14BrClFN7O3. The average molecular weight is 547 g/mol. The smallest absolute Gasteiger partial charge is 0.406 e. The Morgan fingerprint density at radius 2 is 2.06 bits per heavy atom. The monoisotopic (exact) mass is 545 g/mol. The van der Waals surface area contributed by atoms with Gasteiger partial charge >= 0.3 is 5.82 Å². The van der Waals surface area contributed by atoms with Gasteiger partial charge in [-0.2, -0.15) is 15.5 Å². The number of ether oxygens (including phenoxy) is 1. The van der Waals surface area contributed by atoms with Crippen molar-refractivity contribution in [3.63, 3.8) is 0 Å².